The van der Waals surface area contributed by atoms with Gasteiger partial charge in [0.15, 0.2) is 0 Å². The fraction of sp³-hybridized carbons (Fsp3) is 0.312. The van der Waals surface area contributed by atoms with Gasteiger partial charge in [-0.05, 0) is 6.07 Å². The second-order valence-corrected chi connectivity index (χ2v) is 5.45. The van der Waals surface area contributed by atoms with Gasteiger partial charge in [-0.15, -0.1) is 0 Å². The van der Waals surface area contributed by atoms with Crippen molar-refractivity contribution >= 4 is 11.0 Å². The lowest BCUT2D eigenvalue weighted by atomic mass is 10.1. The lowest BCUT2D eigenvalue weighted by Gasteiger charge is -2.27. The van der Waals surface area contributed by atoms with E-state index in [2.05, 4.69) is 20.5 Å². The van der Waals surface area contributed by atoms with Crippen molar-refractivity contribution < 1.29 is 4.42 Å². The third kappa shape index (κ3) is 2.14. The highest BCUT2D eigenvalue weighted by Gasteiger charge is 2.20. The quantitative estimate of drug-likeness (QED) is 0.799. The molecule has 0 saturated heterocycles. The minimum Gasteiger partial charge on any atom is -0.459 e. The highest BCUT2D eigenvalue weighted by molar-refractivity contribution is 5.82. The number of para-hydroxylation sites is 1. The van der Waals surface area contributed by atoms with Gasteiger partial charge < -0.3 is 14.7 Å². The van der Waals surface area contributed by atoms with Crippen LogP contribution in [0.1, 0.15) is 17.1 Å². The average molecular weight is 282 g/mol. The highest BCUT2D eigenvalue weighted by atomic mass is 16.3. The van der Waals surface area contributed by atoms with Crippen molar-refractivity contribution in [3.05, 3.63) is 53.8 Å². The van der Waals surface area contributed by atoms with Crippen molar-refractivity contribution in [3.63, 3.8) is 0 Å². The molecule has 1 aromatic carbocycles. The monoisotopic (exact) mass is 282 g/mol. The number of fused-ring (bicyclic) bond motifs is 2. The number of nitrogens with zero attached hydrogens (tertiary/aromatic N) is 3. The van der Waals surface area contributed by atoms with E-state index in [9.17, 15) is 0 Å². The van der Waals surface area contributed by atoms with Gasteiger partial charge in [0.25, 0.3) is 0 Å². The van der Waals surface area contributed by atoms with E-state index in [0.717, 1.165) is 43.3 Å². The van der Waals surface area contributed by atoms with Crippen LogP contribution in [0.15, 0.2) is 41.1 Å². The molecule has 21 heavy (non-hydrogen) atoms. The summed E-state index contributed by atoms with van der Waals surface area (Å²) in [6.45, 7) is 4.18. The summed E-state index contributed by atoms with van der Waals surface area (Å²) in [6.07, 6.45) is 3.92. The van der Waals surface area contributed by atoms with Crippen molar-refractivity contribution in [2.75, 3.05) is 6.54 Å². The molecule has 0 aliphatic carbocycles. The molecule has 0 fully saturated rings. The summed E-state index contributed by atoms with van der Waals surface area (Å²) in [7, 11) is 0. The Morgan fingerprint density at radius 1 is 1.24 bits per heavy atom. The van der Waals surface area contributed by atoms with Crippen LogP contribution in [-0.4, -0.2) is 21.0 Å². The minimum absolute atomic E-state index is 0.437. The molecule has 4 rings (SSSR count). The molecule has 108 valence electrons. The van der Waals surface area contributed by atoms with E-state index < -0.39 is 0 Å². The largest absolute Gasteiger partial charge is 0.459 e. The summed E-state index contributed by atoms with van der Waals surface area (Å²) in [5.74, 6) is 2.02. The van der Waals surface area contributed by atoms with E-state index in [1.54, 1.807) is 0 Å². The molecule has 2 aromatic heterocycles. The topological polar surface area (TPSA) is 60.2 Å². The van der Waals surface area contributed by atoms with Gasteiger partial charge >= 0.3 is 0 Å². The highest BCUT2D eigenvalue weighted by Crippen LogP contribution is 2.27. The first kappa shape index (κ1) is 12.6. The third-order valence-electron chi connectivity index (χ3n) is 4.17. The summed E-state index contributed by atoms with van der Waals surface area (Å²) < 4.78 is 8.09. The normalized spacial score (nSPS) is 15.5. The van der Waals surface area contributed by atoms with Gasteiger partial charge in [0.05, 0.1) is 13.1 Å². The van der Waals surface area contributed by atoms with Crippen molar-refractivity contribution in [1.29, 1.82) is 0 Å². The molecule has 5 nitrogen and oxygen atoms in total. The predicted molar refractivity (Wildman–Crippen MR) is 80.4 cm³/mol. The number of imidazole rings is 1. The van der Waals surface area contributed by atoms with Gasteiger partial charge in [0, 0.05) is 43.0 Å². The Morgan fingerprint density at radius 2 is 2.14 bits per heavy atom. The summed E-state index contributed by atoms with van der Waals surface area (Å²) in [5.41, 5.74) is 7.99. The minimum atomic E-state index is 0.437. The molecule has 0 unspecified atom stereocenters. The van der Waals surface area contributed by atoms with Crippen LogP contribution in [0.3, 0.4) is 0 Å². The number of furan rings is 1. The second kappa shape index (κ2) is 5.02. The van der Waals surface area contributed by atoms with Crippen LogP contribution in [0.5, 0.6) is 0 Å². The van der Waals surface area contributed by atoms with Crippen molar-refractivity contribution in [2.24, 2.45) is 5.73 Å². The molecule has 0 atom stereocenters. The number of hydrogen-bond donors (Lipinski definition) is 1. The van der Waals surface area contributed by atoms with Crippen molar-refractivity contribution in [3.8, 4) is 0 Å². The molecular weight excluding hydrogens is 264 g/mol. The molecule has 0 amide bonds. The van der Waals surface area contributed by atoms with Gasteiger partial charge in [-0.1, -0.05) is 18.2 Å². The van der Waals surface area contributed by atoms with E-state index >= 15 is 0 Å². The summed E-state index contributed by atoms with van der Waals surface area (Å²) in [6, 6.07) is 8.15. The molecule has 3 heterocycles. The van der Waals surface area contributed by atoms with Crippen LogP contribution in [0.4, 0.5) is 0 Å². The van der Waals surface area contributed by atoms with E-state index in [4.69, 9.17) is 10.2 Å². The number of benzene rings is 1. The maximum Gasteiger partial charge on any atom is 0.134 e. The van der Waals surface area contributed by atoms with Gasteiger partial charge in [-0.25, -0.2) is 4.98 Å². The first-order valence-electron chi connectivity index (χ1n) is 7.27. The Kier molecular flexibility index (Phi) is 3.02. The van der Waals surface area contributed by atoms with Crippen LogP contribution >= 0.6 is 0 Å². The molecule has 3 aromatic rings. The molecule has 0 bridgehead atoms. The fourth-order valence-electron chi connectivity index (χ4n) is 3.07. The van der Waals surface area contributed by atoms with Crippen LogP contribution < -0.4 is 5.73 Å². The van der Waals surface area contributed by atoms with Gasteiger partial charge in [0.2, 0.25) is 0 Å². The Balaban J connectivity index is 1.65. The zero-order valence-electron chi connectivity index (χ0n) is 11.8. The van der Waals surface area contributed by atoms with Crippen LogP contribution in [-0.2, 0) is 26.2 Å². The van der Waals surface area contributed by atoms with Gasteiger partial charge in [-0.3, -0.25) is 4.90 Å². The predicted octanol–water partition coefficient (Wildman–Crippen LogP) is 2.10. The zero-order chi connectivity index (χ0) is 14.2. The molecule has 1 aliphatic heterocycles. The Bertz CT molecular complexity index is 774. The number of nitrogens with two attached hydrogens (primary N) is 1. The maximum absolute atomic E-state index is 5.87. The number of aromatic nitrogens is 2. The second-order valence-electron chi connectivity index (χ2n) is 5.45. The van der Waals surface area contributed by atoms with E-state index in [1.807, 2.05) is 30.6 Å². The Morgan fingerprint density at radius 3 is 3.05 bits per heavy atom. The third-order valence-corrected chi connectivity index (χ3v) is 4.17. The first-order valence-corrected chi connectivity index (χ1v) is 7.27. The van der Waals surface area contributed by atoms with Gasteiger partial charge in [-0.2, -0.15) is 0 Å². The number of rotatable bonds is 3. The molecule has 0 spiro atoms. The molecule has 1 aliphatic rings. The molecule has 0 saturated carbocycles. The summed E-state index contributed by atoms with van der Waals surface area (Å²) in [4.78, 5) is 6.82. The molecular formula is C16H18N4O. The molecule has 5 heteroatoms. The number of hydrogen-bond acceptors (Lipinski definition) is 4. The summed E-state index contributed by atoms with van der Waals surface area (Å²) in [5, 5.41) is 1.17. The standard InChI is InChI=1S/C16H18N4O/c17-9-15-13(12-3-1-2-4-14(12)21-15)10-19-7-8-20-6-5-18-16(20)11-19/h1-6H,7-11,17H2. The zero-order valence-corrected chi connectivity index (χ0v) is 11.8. The van der Waals surface area contributed by atoms with Crippen LogP contribution in [0.2, 0.25) is 0 Å². The molecule has 0 radical (unpaired) electrons. The van der Waals surface area contributed by atoms with Crippen molar-refractivity contribution in [1.82, 2.24) is 14.5 Å². The summed E-state index contributed by atoms with van der Waals surface area (Å²) >= 11 is 0. The lowest BCUT2D eigenvalue weighted by molar-refractivity contribution is 0.208. The average Bonchev–Trinajstić information content (AvgIpc) is 3.11. The first-order chi connectivity index (χ1) is 10.3. The Labute approximate surface area is 123 Å². The lowest BCUT2D eigenvalue weighted by Crippen LogP contribution is -2.33. The van der Waals surface area contributed by atoms with Gasteiger partial charge in [0.1, 0.15) is 17.2 Å². The van der Waals surface area contributed by atoms with E-state index in [1.165, 1.54) is 10.9 Å². The van der Waals surface area contributed by atoms with Crippen LogP contribution in [0, 0.1) is 0 Å². The Hall–Kier alpha value is -2.11. The van der Waals surface area contributed by atoms with Crippen LogP contribution in [0.25, 0.3) is 11.0 Å². The van der Waals surface area contributed by atoms with Crippen molar-refractivity contribution in [2.45, 2.75) is 26.2 Å². The fourth-order valence-corrected chi connectivity index (χ4v) is 3.07. The SMILES string of the molecule is NCc1oc2ccccc2c1CN1CCn2ccnc2C1. The van der Waals surface area contributed by atoms with E-state index in [0.29, 0.717) is 6.54 Å². The molecule has 2 N–H and O–H groups in total. The van der Waals surface area contributed by atoms with E-state index in [-0.39, 0.29) is 0 Å². The smallest absolute Gasteiger partial charge is 0.134 e. The maximum atomic E-state index is 5.87.